The van der Waals surface area contributed by atoms with Gasteiger partial charge in [-0.1, -0.05) is 33.8 Å². The summed E-state index contributed by atoms with van der Waals surface area (Å²) in [5, 5.41) is 9.12. The number of hydrogen-bond donors (Lipinski definition) is 0. The fourth-order valence-corrected chi connectivity index (χ4v) is 1.95. The molecule has 0 saturated carbocycles. The smallest absolute Gasteiger partial charge is 0.183 e. The molecule has 0 aliphatic carbocycles. The van der Waals surface area contributed by atoms with Crippen LogP contribution in [-0.2, 0) is 0 Å². The highest BCUT2D eigenvalue weighted by molar-refractivity contribution is 6.01. The lowest BCUT2D eigenvalue weighted by Crippen LogP contribution is -2.19. The molecular weight excluding hydrogens is 238 g/mol. The zero-order valence-corrected chi connectivity index (χ0v) is 12.2. The van der Waals surface area contributed by atoms with Crippen LogP contribution >= 0.6 is 0 Å². The SMILES string of the molecule is COc1cc(C(C)C)ccc1C(=O)C(C#N)C(C)C. The Hall–Kier alpha value is -1.82. The number of rotatable bonds is 5. The van der Waals surface area contributed by atoms with Crippen molar-refractivity contribution in [1.82, 2.24) is 0 Å². The van der Waals surface area contributed by atoms with E-state index in [2.05, 4.69) is 19.9 Å². The van der Waals surface area contributed by atoms with Crippen LogP contribution in [-0.4, -0.2) is 12.9 Å². The Bertz CT molecular complexity index is 498. The molecule has 0 spiro atoms. The number of carbonyl (C=O) groups excluding carboxylic acids is 1. The van der Waals surface area contributed by atoms with Gasteiger partial charge < -0.3 is 4.74 Å². The summed E-state index contributed by atoms with van der Waals surface area (Å²) in [6.07, 6.45) is 0. The van der Waals surface area contributed by atoms with Gasteiger partial charge in [0.1, 0.15) is 11.7 Å². The maximum atomic E-state index is 12.4. The van der Waals surface area contributed by atoms with Gasteiger partial charge in [0.15, 0.2) is 5.78 Å². The summed E-state index contributed by atoms with van der Waals surface area (Å²) in [5.74, 6) is 0.127. The number of Topliss-reactive ketones (excluding diaryl/α,β-unsaturated/α-hetero) is 1. The lowest BCUT2D eigenvalue weighted by molar-refractivity contribution is 0.0921. The molecule has 0 heterocycles. The molecule has 1 rings (SSSR count). The molecule has 0 bridgehead atoms. The third kappa shape index (κ3) is 3.35. The molecule has 0 aromatic heterocycles. The fourth-order valence-electron chi connectivity index (χ4n) is 1.95. The second-order valence-corrected chi connectivity index (χ2v) is 5.33. The van der Waals surface area contributed by atoms with Gasteiger partial charge in [0.25, 0.3) is 0 Å². The van der Waals surface area contributed by atoms with Crippen LogP contribution < -0.4 is 4.74 Å². The zero-order valence-electron chi connectivity index (χ0n) is 12.2. The van der Waals surface area contributed by atoms with Gasteiger partial charge in [0.05, 0.1) is 18.7 Å². The maximum absolute atomic E-state index is 12.4. The van der Waals surface area contributed by atoms with Gasteiger partial charge in [-0.05, 0) is 29.5 Å². The Morgan fingerprint density at radius 3 is 2.32 bits per heavy atom. The first-order valence-electron chi connectivity index (χ1n) is 6.54. The van der Waals surface area contributed by atoms with Gasteiger partial charge in [-0.15, -0.1) is 0 Å². The Labute approximate surface area is 115 Å². The fraction of sp³-hybridized carbons (Fsp3) is 0.500. The van der Waals surface area contributed by atoms with Crippen LogP contribution in [0.3, 0.4) is 0 Å². The van der Waals surface area contributed by atoms with Crippen molar-refractivity contribution in [2.45, 2.75) is 33.6 Å². The van der Waals surface area contributed by atoms with Crippen molar-refractivity contribution in [2.24, 2.45) is 11.8 Å². The third-order valence-corrected chi connectivity index (χ3v) is 3.25. The third-order valence-electron chi connectivity index (χ3n) is 3.25. The Morgan fingerprint density at radius 1 is 1.26 bits per heavy atom. The van der Waals surface area contributed by atoms with Crippen LogP contribution in [0.1, 0.15) is 49.5 Å². The number of ether oxygens (including phenoxy) is 1. The molecule has 0 aliphatic rings. The van der Waals surface area contributed by atoms with E-state index in [1.165, 1.54) is 0 Å². The number of methoxy groups -OCH3 is 1. The monoisotopic (exact) mass is 259 g/mol. The van der Waals surface area contributed by atoms with Crippen LogP contribution in [0.4, 0.5) is 0 Å². The van der Waals surface area contributed by atoms with Gasteiger partial charge in [-0.3, -0.25) is 4.79 Å². The van der Waals surface area contributed by atoms with Gasteiger partial charge in [0, 0.05) is 0 Å². The van der Waals surface area contributed by atoms with E-state index in [-0.39, 0.29) is 11.7 Å². The lowest BCUT2D eigenvalue weighted by atomic mass is 9.88. The number of ketones is 1. The van der Waals surface area contributed by atoms with Crippen LogP contribution in [0.2, 0.25) is 0 Å². The van der Waals surface area contributed by atoms with E-state index in [1.54, 1.807) is 13.2 Å². The van der Waals surface area contributed by atoms with Crippen LogP contribution in [0.25, 0.3) is 0 Å². The largest absolute Gasteiger partial charge is 0.496 e. The molecular formula is C16H21NO2. The van der Waals surface area contributed by atoms with Crippen LogP contribution in [0.5, 0.6) is 5.75 Å². The van der Waals surface area contributed by atoms with E-state index in [1.807, 2.05) is 26.0 Å². The van der Waals surface area contributed by atoms with E-state index in [0.717, 1.165) is 5.56 Å². The average molecular weight is 259 g/mol. The second kappa shape index (κ2) is 6.38. The molecule has 19 heavy (non-hydrogen) atoms. The summed E-state index contributed by atoms with van der Waals surface area (Å²) in [6, 6.07) is 7.66. The van der Waals surface area contributed by atoms with Crippen molar-refractivity contribution in [3.05, 3.63) is 29.3 Å². The molecule has 102 valence electrons. The van der Waals surface area contributed by atoms with Crippen molar-refractivity contribution in [3.8, 4) is 11.8 Å². The normalized spacial score (nSPS) is 12.3. The molecule has 3 nitrogen and oxygen atoms in total. The van der Waals surface area contributed by atoms with Crippen molar-refractivity contribution >= 4 is 5.78 Å². The van der Waals surface area contributed by atoms with Crippen LogP contribution in [0, 0.1) is 23.2 Å². The van der Waals surface area contributed by atoms with E-state index in [9.17, 15) is 4.79 Å². The Morgan fingerprint density at radius 2 is 1.89 bits per heavy atom. The Kier molecular flexibility index (Phi) is 5.11. The predicted molar refractivity (Wildman–Crippen MR) is 75.4 cm³/mol. The topological polar surface area (TPSA) is 50.1 Å². The van der Waals surface area contributed by atoms with Crippen LogP contribution in [0.15, 0.2) is 18.2 Å². The standard InChI is InChI=1S/C16H21NO2/c1-10(2)12-6-7-13(15(8-12)19-5)16(18)14(9-17)11(3)4/h6-8,10-11,14H,1-5H3. The molecule has 1 aromatic rings. The quantitative estimate of drug-likeness (QED) is 0.756. The molecule has 0 N–H and O–H groups in total. The molecule has 0 aliphatic heterocycles. The number of benzene rings is 1. The van der Waals surface area contributed by atoms with E-state index in [0.29, 0.717) is 17.2 Å². The predicted octanol–water partition coefficient (Wildman–Crippen LogP) is 3.80. The van der Waals surface area contributed by atoms with Crippen molar-refractivity contribution in [2.75, 3.05) is 7.11 Å². The molecule has 0 radical (unpaired) electrons. The first-order chi connectivity index (χ1) is 8.92. The minimum Gasteiger partial charge on any atom is -0.496 e. The van der Waals surface area contributed by atoms with Gasteiger partial charge in [0.2, 0.25) is 0 Å². The van der Waals surface area contributed by atoms with E-state index < -0.39 is 5.92 Å². The Balaban J connectivity index is 3.21. The van der Waals surface area contributed by atoms with Gasteiger partial charge in [-0.25, -0.2) is 0 Å². The lowest BCUT2D eigenvalue weighted by Gasteiger charge is -2.16. The van der Waals surface area contributed by atoms with E-state index in [4.69, 9.17) is 10.00 Å². The summed E-state index contributed by atoms with van der Waals surface area (Å²) in [7, 11) is 1.55. The minimum atomic E-state index is -0.626. The number of carbonyl (C=O) groups is 1. The summed E-state index contributed by atoms with van der Waals surface area (Å²) in [4.78, 5) is 12.4. The molecule has 1 aromatic carbocycles. The van der Waals surface area contributed by atoms with Crippen molar-refractivity contribution in [1.29, 1.82) is 5.26 Å². The van der Waals surface area contributed by atoms with Gasteiger partial charge in [-0.2, -0.15) is 5.26 Å². The highest BCUT2D eigenvalue weighted by atomic mass is 16.5. The molecule has 1 atom stereocenters. The highest BCUT2D eigenvalue weighted by Gasteiger charge is 2.25. The molecule has 0 amide bonds. The molecule has 1 unspecified atom stereocenters. The number of hydrogen-bond acceptors (Lipinski definition) is 3. The zero-order chi connectivity index (χ0) is 14.6. The summed E-state index contributed by atoms with van der Waals surface area (Å²) in [5.41, 5.74) is 1.61. The average Bonchev–Trinajstić information content (AvgIpc) is 2.37. The van der Waals surface area contributed by atoms with E-state index >= 15 is 0 Å². The van der Waals surface area contributed by atoms with Gasteiger partial charge >= 0.3 is 0 Å². The first-order valence-corrected chi connectivity index (χ1v) is 6.54. The molecule has 0 fully saturated rings. The highest BCUT2D eigenvalue weighted by Crippen LogP contribution is 2.28. The summed E-state index contributed by atoms with van der Waals surface area (Å²) in [6.45, 7) is 7.92. The first kappa shape index (κ1) is 15.2. The maximum Gasteiger partial charge on any atom is 0.183 e. The van der Waals surface area contributed by atoms with Crippen molar-refractivity contribution < 1.29 is 9.53 Å². The summed E-state index contributed by atoms with van der Waals surface area (Å²) >= 11 is 0. The molecule has 3 heteroatoms. The molecule has 0 saturated heterocycles. The number of nitriles is 1. The summed E-state index contributed by atoms with van der Waals surface area (Å²) < 4.78 is 5.30. The number of nitrogens with zero attached hydrogens (tertiary/aromatic N) is 1. The van der Waals surface area contributed by atoms with Crippen molar-refractivity contribution in [3.63, 3.8) is 0 Å². The second-order valence-electron chi connectivity index (χ2n) is 5.33. The minimum absolute atomic E-state index is 0.00742.